The number of aryl methyl sites for hydroxylation is 2. The van der Waals surface area contributed by atoms with Gasteiger partial charge in [-0.25, -0.2) is 9.07 Å². The van der Waals surface area contributed by atoms with Crippen molar-refractivity contribution in [3.63, 3.8) is 0 Å². The van der Waals surface area contributed by atoms with Gasteiger partial charge in [0.25, 0.3) is 0 Å². The van der Waals surface area contributed by atoms with Crippen LogP contribution in [0.4, 0.5) is 4.39 Å². The van der Waals surface area contributed by atoms with Crippen LogP contribution in [0.3, 0.4) is 0 Å². The van der Waals surface area contributed by atoms with Gasteiger partial charge in [-0.3, -0.25) is 4.90 Å². The van der Waals surface area contributed by atoms with Crippen LogP contribution in [0.2, 0.25) is 0 Å². The first-order chi connectivity index (χ1) is 13.2. The smallest absolute Gasteiger partial charge is 0.123 e. The molecule has 6 heteroatoms. The largest absolute Gasteiger partial charge is 0.392 e. The van der Waals surface area contributed by atoms with E-state index in [1.165, 1.54) is 17.7 Å². The molecule has 2 heterocycles. The number of aliphatic hydroxyl groups is 1. The number of hydrogen-bond donors (Lipinski definition) is 1. The zero-order valence-electron chi connectivity index (χ0n) is 15.1. The summed E-state index contributed by atoms with van der Waals surface area (Å²) in [7, 11) is 0. The molecule has 0 radical (unpaired) electrons. The molecule has 1 fully saturated rings. The van der Waals surface area contributed by atoms with Gasteiger partial charge < -0.3 is 5.11 Å². The van der Waals surface area contributed by atoms with Gasteiger partial charge in [0.2, 0.25) is 0 Å². The van der Waals surface area contributed by atoms with Crippen molar-refractivity contribution in [3.05, 3.63) is 77.4 Å². The molecule has 1 aromatic heterocycles. The molecule has 1 aliphatic heterocycles. The molecule has 1 N–H and O–H groups in total. The van der Waals surface area contributed by atoms with E-state index in [4.69, 9.17) is 0 Å². The third-order valence-electron chi connectivity index (χ3n) is 4.98. The van der Waals surface area contributed by atoms with E-state index in [1.807, 2.05) is 18.3 Å². The number of β-amino-alcohol motifs (C(OH)–C–C–N with tert-alkyl or cyclic N) is 1. The Balaban J connectivity index is 1.35. The predicted octanol–water partition coefficient (Wildman–Crippen LogP) is 2.76. The van der Waals surface area contributed by atoms with Gasteiger partial charge in [-0.2, -0.15) is 0 Å². The number of nitrogens with zero attached hydrogens (tertiary/aromatic N) is 4. The maximum Gasteiger partial charge on any atom is 0.123 e. The monoisotopic (exact) mass is 366 g/mol. The molecule has 0 saturated carbocycles. The topological polar surface area (TPSA) is 54.2 Å². The molecule has 0 aliphatic carbocycles. The maximum atomic E-state index is 13.0. The Bertz CT molecular complexity index is 876. The summed E-state index contributed by atoms with van der Waals surface area (Å²) in [5.74, 6) is -0.214. The Morgan fingerprint density at radius 3 is 2.44 bits per heavy atom. The molecule has 2 aromatic carbocycles. The lowest BCUT2D eigenvalue weighted by Gasteiger charge is -2.15. The second kappa shape index (κ2) is 7.98. The highest BCUT2D eigenvalue weighted by Gasteiger charge is 2.19. The Morgan fingerprint density at radius 1 is 1.00 bits per heavy atom. The van der Waals surface area contributed by atoms with Crippen molar-refractivity contribution in [2.45, 2.75) is 31.9 Å². The van der Waals surface area contributed by atoms with Gasteiger partial charge in [0.1, 0.15) is 5.82 Å². The minimum atomic E-state index is -0.214. The third kappa shape index (κ3) is 4.59. The number of hydrogen-bond acceptors (Lipinski definition) is 4. The van der Waals surface area contributed by atoms with Crippen molar-refractivity contribution in [3.8, 4) is 5.69 Å². The van der Waals surface area contributed by atoms with Crippen LogP contribution in [0, 0.1) is 5.82 Å². The molecule has 1 atom stereocenters. The van der Waals surface area contributed by atoms with E-state index in [0.29, 0.717) is 0 Å². The molecule has 0 bridgehead atoms. The maximum absolute atomic E-state index is 13.0. The fourth-order valence-corrected chi connectivity index (χ4v) is 3.43. The quantitative estimate of drug-likeness (QED) is 0.729. The normalized spacial score (nSPS) is 17.5. The highest BCUT2D eigenvalue weighted by Crippen LogP contribution is 2.15. The Morgan fingerprint density at radius 2 is 1.74 bits per heavy atom. The molecule has 27 heavy (non-hydrogen) atoms. The minimum absolute atomic E-state index is 0.187. The van der Waals surface area contributed by atoms with E-state index >= 15 is 0 Å². The Kier molecular flexibility index (Phi) is 5.27. The number of aromatic nitrogens is 3. The van der Waals surface area contributed by atoms with Gasteiger partial charge in [0.05, 0.1) is 23.7 Å². The standard InChI is InChI=1S/C21H23FN4O/c22-18-6-1-16(2-7-18)3-8-19-14-26(24-23-19)20-9-4-17(5-10-20)13-25-12-11-21(27)15-25/h1-2,4-7,9-10,14,21,27H,3,8,11-13,15H2/t21-/m0/s1. The number of benzene rings is 2. The molecule has 140 valence electrons. The van der Waals surface area contributed by atoms with Crippen molar-refractivity contribution >= 4 is 0 Å². The molecule has 5 nitrogen and oxygen atoms in total. The van der Waals surface area contributed by atoms with Crippen LogP contribution in [0.1, 0.15) is 23.2 Å². The average Bonchev–Trinajstić information content (AvgIpc) is 3.31. The molecule has 3 aromatic rings. The van der Waals surface area contributed by atoms with E-state index in [0.717, 1.165) is 55.8 Å². The molecule has 0 spiro atoms. The van der Waals surface area contributed by atoms with E-state index < -0.39 is 0 Å². The Hall–Kier alpha value is -2.57. The lowest BCUT2D eigenvalue weighted by atomic mass is 10.1. The summed E-state index contributed by atoms with van der Waals surface area (Å²) in [4.78, 5) is 2.27. The van der Waals surface area contributed by atoms with Gasteiger partial charge in [-0.05, 0) is 54.7 Å². The molecule has 0 amide bonds. The SMILES string of the molecule is O[C@H]1CCN(Cc2ccc(-n3cc(CCc4ccc(F)cc4)nn3)cc2)C1. The lowest BCUT2D eigenvalue weighted by molar-refractivity contribution is 0.175. The van der Waals surface area contributed by atoms with Crippen molar-refractivity contribution in [1.29, 1.82) is 0 Å². The van der Waals surface area contributed by atoms with Crippen LogP contribution >= 0.6 is 0 Å². The zero-order chi connectivity index (χ0) is 18.6. The van der Waals surface area contributed by atoms with Gasteiger partial charge in [-0.15, -0.1) is 5.10 Å². The van der Waals surface area contributed by atoms with Gasteiger partial charge in [-0.1, -0.05) is 29.5 Å². The molecule has 0 unspecified atom stereocenters. The van der Waals surface area contributed by atoms with Crippen LogP contribution in [0.15, 0.2) is 54.7 Å². The van der Waals surface area contributed by atoms with Gasteiger partial charge in [0.15, 0.2) is 0 Å². The first-order valence-corrected chi connectivity index (χ1v) is 9.31. The van der Waals surface area contributed by atoms with E-state index in [2.05, 4.69) is 27.3 Å². The summed E-state index contributed by atoms with van der Waals surface area (Å²) < 4.78 is 14.7. The van der Waals surface area contributed by atoms with Crippen molar-refractivity contribution in [2.24, 2.45) is 0 Å². The summed E-state index contributed by atoms with van der Waals surface area (Å²) >= 11 is 0. The van der Waals surface area contributed by atoms with Crippen LogP contribution < -0.4 is 0 Å². The van der Waals surface area contributed by atoms with E-state index in [-0.39, 0.29) is 11.9 Å². The number of rotatable bonds is 6. The first-order valence-electron chi connectivity index (χ1n) is 9.31. The molecule has 1 saturated heterocycles. The van der Waals surface area contributed by atoms with E-state index in [1.54, 1.807) is 16.8 Å². The molecule has 1 aliphatic rings. The second-order valence-corrected chi connectivity index (χ2v) is 7.12. The fraction of sp³-hybridized carbons (Fsp3) is 0.333. The van der Waals surface area contributed by atoms with E-state index in [9.17, 15) is 9.50 Å². The number of aliphatic hydroxyl groups excluding tert-OH is 1. The van der Waals surface area contributed by atoms with Crippen molar-refractivity contribution in [2.75, 3.05) is 13.1 Å². The van der Waals surface area contributed by atoms with Crippen molar-refractivity contribution in [1.82, 2.24) is 19.9 Å². The van der Waals surface area contributed by atoms with Crippen LogP contribution in [-0.4, -0.2) is 44.2 Å². The summed E-state index contributed by atoms with van der Waals surface area (Å²) in [6.45, 7) is 2.56. The highest BCUT2D eigenvalue weighted by molar-refractivity contribution is 5.34. The van der Waals surface area contributed by atoms with Crippen molar-refractivity contribution < 1.29 is 9.50 Å². The average molecular weight is 366 g/mol. The van der Waals surface area contributed by atoms with Gasteiger partial charge >= 0.3 is 0 Å². The summed E-state index contributed by atoms with van der Waals surface area (Å²) in [6.07, 6.45) is 4.18. The molecular formula is C21H23FN4O. The number of halogens is 1. The number of likely N-dealkylation sites (tertiary alicyclic amines) is 1. The Labute approximate surface area is 158 Å². The van der Waals surface area contributed by atoms with Gasteiger partial charge in [0, 0.05) is 19.6 Å². The molecular weight excluding hydrogens is 343 g/mol. The van der Waals surface area contributed by atoms with Crippen LogP contribution in [-0.2, 0) is 19.4 Å². The predicted molar refractivity (Wildman–Crippen MR) is 101 cm³/mol. The first kappa shape index (κ1) is 17.8. The summed E-state index contributed by atoms with van der Waals surface area (Å²) in [6, 6.07) is 14.9. The molecule has 4 rings (SSSR count). The zero-order valence-corrected chi connectivity index (χ0v) is 15.1. The third-order valence-corrected chi connectivity index (χ3v) is 4.98. The fourth-order valence-electron chi connectivity index (χ4n) is 3.43. The summed E-state index contributed by atoms with van der Waals surface area (Å²) in [5.41, 5.74) is 4.20. The second-order valence-electron chi connectivity index (χ2n) is 7.12. The minimum Gasteiger partial charge on any atom is -0.392 e. The van der Waals surface area contributed by atoms with Crippen LogP contribution in [0.25, 0.3) is 5.69 Å². The summed E-state index contributed by atoms with van der Waals surface area (Å²) in [5, 5.41) is 18.1. The lowest BCUT2D eigenvalue weighted by Crippen LogP contribution is -2.21. The van der Waals surface area contributed by atoms with Crippen LogP contribution in [0.5, 0.6) is 0 Å². The highest BCUT2D eigenvalue weighted by atomic mass is 19.1.